The number of rotatable bonds is 7. The molecule has 0 atom stereocenters. The number of amides is 1. The van der Waals surface area contributed by atoms with E-state index in [0.29, 0.717) is 12.2 Å². The van der Waals surface area contributed by atoms with Crippen LogP contribution in [0.25, 0.3) is 5.57 Å². The second kappa shape index (κ2) is 12.3. The van der Waals surface area contributed by atoms with E-state index in [0.717, 1.165) is 34.4 Å². The van der Waals surface area contributed by atoms with Gasteiger partial charge in [0.15, 0.2) is 0 Å². The third kappa shape index (κ3) is 7.88. The predicted molar refractivity (Wildman–Crippen MR) is 130 cm³/mol. The van der Waals surface area contributed by atoms with Gasteiger partial charge in [0.25, 0.3) is 0 Å². The SMILES string of the molecule is C/C=C(\C)c1ccccc1OCc1ccc(F)cc1.C=C(C)Cc1cccc(C(N)=O)c1. The molecule has 2 N–H and O–H groups in total. The van der Waals surface area contributed by atoms with E-state index < -0.39 is 0 Å². The van der Waals surface area contributed by atoms with Crippen molar-refractivity contribution in [2.75, 3.05) is 0 Å². The van der Waals surface area contributed by atoms with Crippen LogP contribution in [0.15, 0.2) is 91.0 Å². The molecule has 1 amide bonds. The van der Waals surface area contributed by atoms with Crippen molar-refractivity contribution >= 4 is 11.5 Å². The molecule has 3 aromatic rings. The highest BCUT2D eigenvalue weighted by Crippen LogP contribution is 2.26. The van der Waals surface area contributed by atoms with Gasteiger partial charge in [0.05, 0.1) is 0 Å². The maximum Gasteiger partial charge on any atom is 0.248 e. The molecule has 0 heterocycles. The Kier molecular flexibility index (Phi) is 9.43. The molecule has 0 unspecified atom stereocenters. The number of hydrogen-bond acceptors (Lipinski definition) is 2. The lowest BCUT2D eigenvalue weighted by atomic mass is 10.0. The van der Waals surface area contributed by atoms with E-state index in [1.807, 2.05) is 50.2 Å². The van der Waals surface area contributed by atoms with Gasteiger partial charge < -0.3 is 10.5 Å². The predicted octanol–water partition coefficient (Wildman–Crippen LogP) is 6.73. The maximum atomic E-state index is 12.8. The summed E-state index contributed by atoms with van der Waals surface area (Å²) in [5.74, 6) is 0.236. The minimum atomic E-state index is -0.386. The van der Waals surface area contributed by atoms with E-state index in [9.17, 15) is 9.18 Å². The summed E-state index contributed by atoms with van der Waals surface area (Å²) in [4.78, 5) is 10.8. The zero-order valence-corrected chi connectivity index (χ0v) is 18.9. The lowest BCUT2D eigenvalue weighted by Crippen LogP contribution is -2.10. The molecule has 32 heavy (non-hydrogen) atoms. The van der Waals surface area contributed by atoms with Gasteiger partial charge in [-0.25, -0.2) is 4.39 Å². The molecule has 0 bridgehead atoms. The number of halogens is 1. The monoisotopic (exact) mass is 431 g/mol. The molecule has 0 aliphatic heterocycles. The lowest BCUT2D eigenvalue weighted by molar-refractivity contribution is 0.1000. The average Bonchev–Trinajstić information content (AvgIpc) is 2.78. The number of carbonyl (C=O) groups is 1. The normalized spacial score (nSPS) is 10.7. The first-order valence-electron chi connectivity index (χ1n) is 10.4. The van der Waals surface area contributed by atoms with E-state index in [1.165, 1.54) is 17.7 Å². The molecule has 0 fully saturated rings. The van der Waals surface area contributed by atoms with Crippen LogP contribution in [0.1, 0.15) is 47.8 Å². The molecule has 4 heteroatoms. The van der Waals surface area contributed by atoms with Crippen LogP contribution in [-0.4, -0.2) is 5.91 Å². The van der Waals surface area contributed by atoms with Gasteiger partial charge in [0, 0.05) is 11.1 Å². The highest BCUT2D eigenvalue weighted by molar-refractivity contribution is 5.92. The van der Waals surface area contributed by atoms with Gasteiger partial charge in [-0.15, -0.1) is 0 Å². The van der Waals surface area contributed by atoms with Gasteiger partial charge >= 0.3 is 0 Å². The van der Waals surface area contributed by atoms with Crippen molar-refractivity contribution in [2.24, 2.45) is 5.73 Å². The lowest BCUT2D eigenvalue weighted by Gasteiger charge is -2.11. The van der Waals surface area contributed by atoms with Crippen molar-refractivity contribution in [3.63, 3.8) is 0 Å². The highest BCUT2D eigenvalue weighted by Gasteiger charge is 2.05. The van der Waals surface area contributed by atoms with Crippen LogP contribution in [0.5, 0.6) is 5.75 Å². The number of hydrogen-bond donors (Lipinski definition) is 1. The molecule has 0 saturated carbocycles. The van der Waals surface area contributed by atoms with Crippen LogP contribution in [0.4, 0.5) is 4.39 Å². The third-order valence-electron chi connectivity index (χ3n) is 4.77. The summed E-state index contributed by atoms with van der Waals surface area (Å²) in [6.45, 7) is 10.3. The Morgan fingerprint density at radius 3 is 2.31 bits per heavy atom. The van der Waals surface area contributed by atoms with Crippen LogP contribution in [0.3, 0.4) is 0 Å². The first-order valence-corrected chi connectivity index (χ1v) is 10.4. The highest BCUT2D eigenvalue weighted by atomic mass is 19.1. The summed E-state index contributed by atoms with van der Waals surface area (Å²) in [6, 6.07) is 21.6. The zero-order valence-electron chi connectivity index (χ0n) is 18.9. The summed E-state index contributed by atoms with van der Waals surface area (Å²) in [6.07, 6.45) is 2.85. The number of ether oxygens (including phenoxy) is 1. The van der Waals surface area contributed by atoms with Crippen molar-refractivity contribution in [1.82, 2.24) is 0 Å². The minimum Gasteiger partial charge on any atom is -0.488 e. The van der Waals surface area contributed by atoms with Gasteiger partial charge in [-0.1, -0.05) is 60.7 Å². The molecule has 0 radical (unpaired) electrons. The zero-order chi connectivity index (χ0) is 23.5. The Hall–Kier alpha value is -3.66. The van der Waals surface area contributed by atoms with Crippen molar-refractivity contribution in [3.8, 4) is 5.75 Å². The molecule has 3 nitrogen and oxygen atoms in total. The van der Waals surface area contributed by atoms with Gasteiger partial charge in [-0.3, -0.25) is 4.79 Å². The fourth-order valence-electron chi connectivity index (χ4n) is 3.00. The molecule has 0 aromatic heterocycles. The van der Waals surface area contributed by atoms with Gasteiger partial charge in [0.2, 0.25) is 5.91 Å². The quantitative estimate of drug-likeness (QED) is 0.422. The van der Waals surface area contributed by atoms with Gasteiger partial charge in [-0.2, -0.15) is 0 Å². The Morgan fingerprint density at radius 1 is 1.00 bits per heavy atom. The summed E-state index contributed by atoms with van der Waals surface area (Å²) >= 11 is 0. The molecule has 3 aromatic carbocycles. The van der Waals surface area contributed by atoms with Crippen LogP contribution >= 0.6 is 0 Å². The molecule has 166 valence electrons. The summed E-state index contributed by atoms with van der Waals surface area (Å²) < 4.78 is 18.6. The first-order chi connectivity index (χ1) is 15.3. The van der Waals surface area contributed by atoms with E-state index in [1.54, 1.807) is 24.3 Å². The smallest absolute Gasteiger partial charge is 0.248 e. The largest absolute Gasteiger partial charge is 0.488 e. The maximum absolute atomic E-state index is 12.8. The molecule has 0 aliphatic rings. The van der Waals surface area contributed by atoms with Crippen molar-refractivity contribution < 1.29 is 13.9 Å². The fraction of sp³-hybridized carbons (Fsp3) is 0.179. The van der Waals surface area contributed by atoms with E-state index in [-0.39, 0.29) is 11.7 Å². The Morgan fingerprint density at radius 2 is 1.69 bits per heavy atom. The van der Waals surface area contributed by atoms with Crippen LogP contribution in [-0.2, 0) is 13.0 Å². The average molecular weight is 432 g/mol. The molecule has 3 rings (SSSR count). The van der Waals surface area contributed by atoms with Crippen LogP contribution < -0.4 is 10.5 Å². The molecule has 0 saturated heterocycles. The van der Waals surface area contributed by atoms with Gasteiger partial charge in [-0.05, 0) is 74.2 Å². The standard InChI is InChI=1S/C17H17FO.C11H13NO/c1-3-13(2)16-6-4-5-7-17(16)19-12-14-8-10-15(18)11-9-14;1-8(2)6-9-4-3-5-10(7-9)11(12)13/h3-11H,12H2,1-2H3;3-5,7H,1,6H2,2H3,(H2,12,13)/b13-3+;. The minimum absolute atomic E-state index is 0.228. The number of carbonyl (C=O) groups excluding carboxylic acids is 1. The number of benzene rings is 3. The summed E-state index contributed by atoms with van der Waals surface area (Å²) in [7, 11) is 0. The van der Waals surface area contributed by atoms with E-state index in [2.05, 4.69) is 19.6 Å². The number of primary amides is 1. The van der Waals surface area contributed by atoms with Crippen molar-refractivity contribution in [3.05, 3.63) is 119 Å². The van der Waals surface area contributed by atoms with E-state index in [4.69, 9.17) is 10.5 Å². The molecule has 0 aliphatic carbocycles. The van der Waals surface area contributed by atoms with E-state index >= 15 is 0 Å². The van der Waals surface area contributed by atoms with Crippen molar-refractivity contribution in [2.45, 2.75) is 33.8 Å². The molecular weight excluding hydrogens is 401 g/mol. The Balaban J connectivity index is 0.000000244. The number of para-hydroxylation sites is 1. The number of nitrogens with two attached hydrogens (primary N) is 1. The first kappa shape index (κ1) is 24.6. The Labute approximate surface area is 190 Å². The van der Waals surface area contributed by atoms with Crippen molar-refractivity contribution in [1.29, 1.82) is 0 Å². The van der Waals surface area contributed by atoms with Crippen LogP contribution in [0.2, 0.25) is 0 Å². The second-order valence-electron chi connectivity index (χ2n) is 7.58. The molecule has 0 spiro atoms. The Bertz CT molecular complexity index is 1080. The number of allylic oxidation sites excluding steroid dienone is 3. The summed E-state index contributed by atoms with van der Waals surface area (Å²) in [5.41, 5.74) is 11.1. The summed E-state index contributed by atoms with van der Waals surface area (Å²) in [5, 5.41) is 0. The molecular formula is C28H30FNO2. The van der Waals surface area contributed by atoms with Crippen LogP contribution in [0, 0.1) is 5.82 Å². The fourth-order valence-corrected chi connectivity index (χ4v) is 3.00. The van der Waals surface area contributed by atoms with Gasteiger partial charge in [0.1, 0.15) is 18.2 Å². The topological polar surface area (TPSA) is 52.3 Å². The second-order valence-corrected chi connectivity index (χ2v) is 7.58. The third-order valence-corrected chi connectivity index (χ3v) is 4.77.